The molecule has 0 saturated heterocycles. The summed E-state index contributed by atoms with van der Waals surface area (Å²) in [7, 11) is 1.77. The van der Waals surface area contributed by atoms with E-state index in [4.69, 9.17) is 0 Å². The molecule has 0 radical (unpaired) electrons. The van der Waals surface area contributed by atoms with Crippen LogP contribution >= 0.6 is 0 Å². The summed E-state index contributed by atoms with van der Waals surface area (Å²) in [4.78, 5) is 26.9. The highest BCUT2D eigenvalue weighted by Gasteiger charge is 2.23. The average Bonchev–Trinajstić information content (AvgIpc) is 3.41. The Labute approximate surface area is 207 Å². The molecule has 0 spiro atoms. The average molecular weight is 482 g/mol. The second-order valence-electron chi connectivity index (χ2n) is 8.57. The molecule has 36 heavy (non-hydrogen) atoms. The maximum absolute atomic E-state index is 13.6. The van der Waals surface area contributed by atoms with Crippen LogP contribution in [-0.4, -0.2) is 25.1 Å². The van der Waals surface area contributed by atoms with Crippen LogP contribution in [0.1, 0.15) is 21.6 Å². The number of benzene rings is 3. The molecule has 0 unspecified atom stereocenters. The van der Waals surface area contributed by atoms with Crippen LogP contribution in [0.15, 0.2) is 89.9 Å². The molecule has 1 amide bonds. The molecule has 8 heteroatoms. The van der Waals surface area contributed by atoms with Gasteiger partial charge in [0.15, 0.2) is 0 Å². The maximum Gasteiger partial charge on any atom is 0.295 e. The zero-order valence-electron chi connectivity index (χ0n) is 20.1. The lowest BCUT2D eigenvalue weighted by Crippen LogP contribution is -2.23. The van der Waals surface area contributed by atoms with Gasteiger partial charge in [-0.05, 0) is 56.3 Å². The smallest absolute Gasteiger partial charge is 0.295 e. The first kappa shape index (κ1) is 23.0. The lowest BCUT2D eigenvalue weighted by molar-refractivity contribution is 0.102. The minimum atomic E-state index is -0.467. The van der Waals surface area contributed by atoms with Crippen LogP contribution in [-0.2, 0) is 7.05 Å². The minimum Gasteiger partial charge on any atom is -0.316 e. The molecule has 0 aliphatic rings. The Morgan fingerprint density at radius 3 is 2.33 bits per heavy atom. The van der Waals surface area contributed by atoms with Crippen LogP contribution in [0.25, 0.3) is 22.6 Å². The number of carbonyl (C=O) groups excluding carboxylic acids is 1. The third kappa shape index (κ3) is 4.13. The van der Waals surface area contributed by atoms with Gasteiger partial charge in [-0.3, -0.25) is 14.3 Å². The molecule has 0 aliphatic carbocycles. The fourth-order valence-electron chi connectivity index (χ4n) is 4.16. The summed E-state index contributed by atoms with van der Waals surface area (Å²) in [5, 5.41) is 7.46. The van der Waals surface area contributed by atoms with Gasteiger partial charge in [0.1, 0.15) is 17.2 Å². The van der Waals surface area contributed by atoms with E-state index < -0.39 is 5.91 Å². The standard InChI is InChI=1S/C28H24FN5O2/c1-18-8-7-9-20(16-18)26-24(17-33(31-26)22-14-12-21(29)13-15-22)27(35)30-25-19(2)32(3)34(28(25)36)23-10-5-4-6-11-23/h4-17H,1-3H3,(H,30,35). The number of anilines is 1. The Hall–Kier alpha value is -4.72. The number of rotatable bonds is 5. The molecule has 1 N–H and O–H groups in total. The van der Waals surface area contributed by atoms with E-state index in [0.29, 0.717) is 28.3 Å². The predicted molar refractivity (Wildman–Crippen MR) is 137 cm³/mol. The molecular formula is C28H24FN5O2. The monoisotopic (exact) mass is 481 g/mol. The van der Waals surface area contributed by atoms with Crippen molar-refractivity contribution in [2.45, 2.75) is 13.8 Å². The largest absolute Gasteiger partial charge is 0.316 e. The normalized spacial score (nSPS) is 11.0. The molecule has 2 aromatic heterocycles. The number of hydrogen-bond donors (Lipinski definition) is 1. The van der Waals surface area contributed by atoms with E-state index in [1.165, 1.54) is 21.5 Å². The van der Waals surface area contributed by atoms with Gasteiger partial charge >= 0.3 is 0 Å². The van der Waals surface area contributed by atoms with E-state index >= 15 is 0 Å². The molecule has 0 bridgehead atoms. The molecule has 5 aromatic rings. The number of halogens is 1. The highest BCUT2D eigenvalue weighted by Crippen LogP contribution is 2.26. The molecule has 5 rings (SSSR count). The summed E-state index contributed by atoms with van der Waals surface area (Å²) in [6.07, 6.45) is 1.59. The van der Waals surface area contributed by atoms with Gasteiger partial charge in [0, 0.05) is 18.8 Å². The van der Waals surface area contributed by atoms with Gasteiger partial charge < -0.3 is 5.32 Å². The van der Waals surface area contributed by atoms with Crippen LogP contribution < -0.4 is 10.9 Å². The Kier molecular flexibility index (Phi) is 5.85. The van der Waals surface area contributed by atoms with Crippen molar-refractivity contribution in [3.05, 3.63) is 118 Å². The summed E-state index contributed by atoms with van der Waals surface area (Å²) < 4.78 is 18.2. The van der Waals surface area contributed by atoms with Crippen molar-refractivity contribution in [2.24, 2.45) is 7.05 Å². The lowest BCUT2D eigenvalue weighted by atomic mass is 10.1. The number of carbonyl (C=O) groups is 1. The van der Waals surface area contributed by atoms with E-state index in [-0.39, 0.29) is 17.1 Å². The van der Waals surface area contributed by atoms with E-state index in [2.05, 4.69) is 10.4 Å². The Morgan fingerprint density at radius 2 is 1.64 bits per heavy atom. The van der Waals surface area contributed by atoms with Crippen molar-refractivity contribution in [1.29, 1.82) is 0 Å². The molecule has 0 atom stereocenters. The van der Waals surface area contributed by atoms with Crippen molar-refractivity contribution >= 4 is 11.6 Å². The Balaban J connectivity index is 1.59. The fourth-order valence-corrected chi connectivity index (χ4v) is 4.16. The van der Waals surface area contributed by atoms with Crippen LogP contribution in [0.4, 0.5) is 10.1 Å². The lowest BCUT2D eigenvalue weighted by Gasteiger charge is -2.07. The number of nitrogens with one attached hydrogen (secondary N) is 1. The van der Waals surface area contributed by atoms with Crippen molar-refractivity contribution in [2.75, 3.05) is 5.32 Å². The number of hydrogen-bond acceptors (Lipinski definition) is 3. The maximum atomic E-state index is 13.6. The SMILES string of the molecule is Cc1cccc(-c2nn(-c3ccc(F)cc3)cc2C(=O)Nc2c(C)n(C)n(-c3ccccc3)c2=O)c1. The number of aryl methyl sites for hydroxylation is 1. The molecule has 0 aliphatic heterocycles. The fraction of sp³-hybridized carbons (Fsp3) is 0.107. The molecular weight excluding hydrogens is 457 g/mol. The first-order valence-electron chi connectivity index (χ1n) is 11.4. The number of nitrogens with zero attached hydrogens (tertiary/aromatic N) is 4. The van der Waals surface area contributed by atoms with Crippen molar-refractivity contribution in [3.63, 3.8) is 0 Å². The second-order valence-corrected chi connectivity index (χ2v) is 8.57. The predicted octanol–water partition coefficient (Wildman–Crippen LogP) is 5.04. The molecule has 3 aromatic carbocycles. The highest BCUT2D eigenvalue weighted by atomic mass is 19.1. The first-order chi connectivity index (χ1) is 17.3. The van der Waals surface area contributed by atoms with E-state index in [0.717, 1.165) is 11.1 Å². The zero-order valence-corrected chi connectivity index (χ0v) is 20.1. The van der Waals surface area contributed by atoms with Crippen LogP contribution in [0.2, 0.25) is 0 Å². The number of aromatic nitrogens is 4. The molecule has 7 nitrogen and oxygen atoms in total. The molecule has 0 fully saturated rings. The quantitative estimate of drug-likeness (QED) is 0.382. The summed E-state index contributed by atoms with van der Waals surface area (Å²) in [5.74, 6) is -0.831. The third-order valence-electron chi connectivity index (χ3n) is 6.13. The Morgan fingerprint density at radius 1 is 0.917 bits per heavy atom. The van der Waals surface area contributed by atoms with Gasteiger partial charge in [-0.25, -0.2) is 13.8 Å². The number of para-hydroxylation sites is 1. The minimum absolute atomic E-state index is 0.191. The summed E-state index contributed by atoms with van der Waals surface area (Å²) in [6.45, 7) is 3.74. The van der Waals surface area contributed by atoms with Crippen LogP contribution in [0.5, 0.6) is 0 Å². The van der Waals surface area contributed by atoms with Crippen molar-refractivity contribution < 1.29 is 9.18 Å². The summed E-state index contributed by atoms with van der Waals surface area (Å²) in [6, 6.07) is 22.7. The van der Waals surface area contributed by atoms with Gasteiger partial charge in [0.2, 0.25) is 0 Å². The van der Waals surface area contributed by atoms with E-state index in [9.17, 15) is 14.0 Å². The van der Waals surface area contributed by atoms with Gasteiger partial charge in [0.25, 0.3) is 11.5 Å². The topological polar surface area (TPSA) is 73.8 Å². The van der Waals surface area contributed by atoms with Crippen LogP contribution in [0, 0.1) is 19.7 Å². The second kappa shape index (κ2) is 9.14. The van der Waals surface area contributed by atoms with Crippen molar-refractivity contribution in [1.82, 2.24) is 19.1 Å². The molecule has 0 saturated carbocycles. The van der Waals surface area contributed by atoms with Gasteiger partial charge in [-0.1, -0.05) is 42.0 Å². The first-order valence-corrected chi connectivity index (χ1v) is 11.4. The van der Waals surface area contributed by atoms with Gasteiger partial charge in [0.05, 0.1) is 22.6 Å². The molecule has 2 heterocycles. The van der Waals surface area contributed by atoms with Crippen LogP contribution in [0.3, 0.4) is 0 Å². The van der Waals surface area contributed by atoms with E-state index in [1.807, 2.05) is 61.5 Å². The van der Waals surface area contributed by atoms with E-state index in [1.54, 1.807) is 37.0 Å². The Bertz CT molecular complexity index is 1630. The van der Waals surface area contributed by atoms with Crippen molar-refractivity contribution in [3.8, 4) is 22.6 Å². The third-order valence-corrected chi connectivity index (χ3v) is 6.13. The zero-order chi connectivity index (χ0) is 25.4. The summed E-state index contributed by atoms with van der Waals surface area (Å²) >= 11 is 0. The highest BCUT2D eigenvalue weighted by molar-refractivity contribution is 6.08. The van der Waals surface area contributed by atoms with Gasteiger partial charge in [-0.2, -0.15) is 5.10 Å². The molecule has 180 valence electrons. The van der Waals surface area contributed by atoms with Gasteiger partial charge in [-0.15, -0.1) is 0 Å². The summed E-state index contributed by atoms with van der Waals surface area (Å²) in [5.41, 5.74) is 4.28. The number of amides is 1.